The fraction of sp³-hybridized carbons (Fsp3) is 0.375. The Morgan fingerprint density at radius 1 is 1.67 bits per heavy atom. The van der Waals surface area contributed by atoms with E-state index in [4.69, 9.17) is 9.52 Å². The first-order valence-corrected chi connectivity index (χ1v) is 3.77. The minimum Gasteiger partial charge on any atom is -0.472 e. The van der Waals surface area contributed by atoms with Gasteiger partial charge < -0.3 is 14.4 Å². The lowest BCUT2D eigenvalue weighted by Gasteiger charge is -2.35. The molecule has 12 heavy (non-hydrogen) atoms. The summed E-state index contributed by atoms with van der Waals surface area (Å²) in [6.07, 6.45) is 2.53. The van der Waals surface area contributed by atoms with Crippen LogP contribution in [0, 0.1) is 0 Å². The van der Waals surface area contributed by atoms with E-state index in [1.807, 2.05) is 0 Å². The summed E-state index contributed by atoms with van der Waals surface area (Å²) in [6.45, 7) is 0.869. The van der Waals surface area contributed by atoms with Gasteiger partial charge in [0.15, 0.2) is 0 Å². The predicted octanol–water partition coefficient (Wildman–Crippen LogP) is 0.0963. The van der Waals surface area contributed by atoms with Gasteiger partial charge in [0, 0.05) is 13.1 Å². The monoisotopic (exact) mass is 167 g/mol. The predicted molar refractivity (Wildman–Crippen MR) is 40.6 cm³/mol. The van der Waals surface area contributed by atoms with Crippen molar-refractivity contribution >= 4 is 5.91 Å². The summed E-state index contributed by atoms with van der Waals surface area (Å²) in [7, 11) is 0. The number of carbonyl (C=O) groups is 1. The van der Waals surface area contributed by atoms with E-state index in [9.17, 15) is 4.79 Å². The van der Waals surface area contributed by atoms with Gasteiger partial charge in [0.1, 0.15) is 6.26 Å². The number of hydrogen-bond acceptors (Lipinski definition) is 3. The quantitative estimate of drug-likeness (QED) is 0.645. The molecule has 1 fully saturated rings. The number of amides is 1. The molecule has 0 spiro atoms. The van der Waals surface area contributed by atoms with Crippen molar-refractivity contribution in [1.82, 2.24) is 4.90 Å². The molecule has 1 saturated heterocycles. The summed E-state index contributed by atoms with van der Waals surface area (Å²) in [5.74, 6) is -0.0750. The molecule has 4 nitrogen and oxygen atoms in total. The Morgan fingerprint density at radius 2 is 2.42 bits per heavy atom. The number of nitrogens with zero attached hydrogens (tertiary/aromatic N) is 1. The largest absolute Gasteiger partial charge is 0.472 e. The van der Waals surface area contributed by atoms with Crippen LogP contribution >= 0.6 is 0 Å². The number of hydrogen-bond donors (Lipinski definition) is 1. The number of aliphatic hydroxyl groups is 1. The first-order valence-electron chi connectivity index (χ1n) is 3.77. The van der Waals surface area contributed by atoms with Crippen LogP contribution in [0.1, 0.15) is 10.4 Å². The molecule has 2 rings (SSSR count). The minimum absolute atomic E-state index is 0.0750. The Kier molecular flexibility index (Phi) is 1.62. The number of aliphatic hydroxyl groups excluding tert-OH is 1. The molecule has 0 bridgehead atoms. The Balaban J connectivity index is 2.03. The van der Waals surface area contributed by atoms with Gasteiger partial charge in [-0.25, -0.2) is 0 Å². The van der Waals surface area contributed by atoms with Crippen molar-refractivity contribution < 1.29 is 14.3 Å². The first kappa shape index (κ1) is 7.36. The summed E-state index contributed by atoms with van der Waals surface area (Å²) in [5, 5.41) is 8.95. The van der Waals surface area contributed by atoms with Crippen molar-refractivity contribution in [3.8, 4) is 0 Å². The van der Waals surface area contributed by atoms with Gasteiger partial charge in [-0.05, 0) is 6.07 Å². The molecular formula is C8H9NO3. The number of β-amino-alcohol motifs (C(OH)–C–C–N with tert-alkyl or cyclic N) is 1. The van der Waals surface area contributed by atoms with Crippen LogP contribution in [-0.4, -0.2) is 35.1 Å². The van der Waals surface area contributed by atoms with E-state index in [-0.39, 0.29) is 12.0 Å². The molecule has 1 aliphatic heterocycles. The maximum atomic E-state index is 11.4. The molecule has 1 aliphatic rings. The second-order valence-corrected chi connectivity index (χ2v) is 2.88. The molecule has 1 aromatic heterocycles. The molecule has 0 aromatic carbocycles. The van der Waals surface area contributed by atoms with E-state index in [1.165, 1.54) is 12.5 Å². The van der Waals surface area contributed by atoms with E-state index < -0.39 is 0 Å². The average molecular weight is 167 g/mol. The van der Waals surface area contributed by atoms with Gasteiger partial charge in [-0.3, -0.25) is 4.79 Å². The molecular weight excluding hydrogens is 158 g/mol. The zero-order valence-corrected chi connectivity index (χ0v) is 6.43. The van der Waals surface area contributed by atoms with Crippen molar-refractivity contribution in [2.24, 2.45) is 0 Å². The fourth-order valence-electron chi connectivity index (χ4n) is 1.19. The molecule has 0 radical (unpaired) electrons. The normalized spacial score (nSPS) is 17.6. The molecule has 1 amide bonds. The van der Waals surface area contributed by atoms with Gasteiger partial charge in [0.2, 0.25) is 0 Å². The third-order valence-corrected chi connectivity index (χ3v) is 1.92. The molecule has 0 unspecified atom stereocenters. The maximum absolute atomic E-state index is 11.4. The zero-order chi connectivity index (χ0) is 8.55. The van der Waals surface area contributed by atoms with E-state index in [2.05, 4.69) is 0 Å². The van der Waals surface area contributed by atoms with Crippen molar-refractivity contribution in [3.05, 3.63) is 24.2 Å². The highest BCUT2D eigenvalue weighted by Crippen LogP contribution is 2.12. The summed E-state index contributed by atoms with van der Waals surface area (Å²) in [5.41, 5.74) is 0.543. The number of likely N-dealkylation sites (tertiary alicyclic amines) is 1. The highest BCUT2D eigenvalue weighted by atomic mass is 16.3. The molecule has 1 N–H and O–H groups in total. The van der Waals surface area contributed by atoms with Gasteiger partial charge >= 0.3 is 0 Å². The van der Waals surface area contributed by atoms with Crippen LogP contribution in [0.15, 0.2) is 23.0 Å². The lowest BCUT2D eigenvalue weighted by Crippen LogP contribution is -2.53. The Bertz CT molecular complexity index is 275. The average Bonchev–Trinajstić information content (AvgIpc) is 2.49. The second kappa shape index (κ2) is 2.64. The van der Waals surface area contributed by atoms with Crippen LogP contribution in [0.3, 0.4) is 0 Å². The summed E-state index contributed by atoms with van der Waals surface area (Å²) in [6, 6.07) is 1.62. The van der Waals surface area contributed by atoms with Crippen LogP contribution in [0.25, 0.3) is 0 Å². The van der Waals surface area contributed by atoms with E-state index >= 15 is 0 Å². The van der Waals surface area contributed by atoms with Crippen LogP contribution in [0.2, 0.25) is 0 Å². The molecule has 0 aliphatic carbocycles. The van der Waals surface area contributed by atoms with Gasteiger partial charge in [-0.15, -0.1) is 0 Å². The molecule has 0 saturated carbocycles. The van der Waals surface area contributed by atoms with Crippen LogP contribution in [0.4, 0.5) is 0 Å². The van der Waals surface area contributed by atoms with Gasteiger partial charge in [0.25, 0.3) is 5.91 Å². The first-order chi connectivity index (χ1) is 5.77. The second-order valence-electron chi connectivity index (χ2n) is 2.88. The highest BCUT2D eigenvalue weighted by molar-refractivity contribution is 5.94. The minimum atomic E-state index is -0.346. The van der Waals surface area contributed by atoms with Gasteiger partial charge in [0.05, 0.1) is 17.9 Å². The lowest BCUT2D eigenvalue weighted by atomic mass is 10.1. The van der Waals surface area contributed by atoms with Crippen LogP contribution in [-0.2, 0) is 0 Å². The summed E-state index contributed by atoms with van der Waals surface area (Å²) < 4.78 is 4.77. The molecule has 1 aromatic rings. The number of carbonyl (C=O) groups excluding carboxylic acids is 1. The maximum Gasteiger partial charge on any atom is 0.257 e. The van der Waals surface area contributed by atoms with Crippen LogP contribution in [0.5, 0.6) is 0 Å². The van der Waals surface area contributed by atoms with E-state index in [0.29, 0.717) is 18.7 Å². The van der Waals surface area contributed by atoms with Crippen molar-refractivity contribution in [2.75, 3.05) is 13.1 Å². The highest BCUT2D eigenvalue weighted by Gasteiger charge is 2.29. The standard InChI is InChI=1S/C8H9NO3/c10-7-3-9(4-7)8(11)6-1-2-12-5-6/h1-2,5,7,10H,3-4H2. The van der Waals surface area contributed by atoms with Crippen molar-refractivity contribution in [2.45, 2.75) is 6.10 Å². The Labute approximate surface area is 69.4 Å². The van der Waals surface area contributed by atoms with Gasteiger partial charge in [-0.1, -0.05) is 0 Å². The lowest BCUT2D eigenvalue weighted by molar-refractivity contribution is 0.00585. The molecule has 4 heteroatoms. The molecule has 64 valence electrons. The zero-order valence-electron chi connectivity index (χ0n) is 6.43. The SMILES string of the molecule is O=C(c1ccoc1)N1CC(O)C1. The molecule has 2 heterocycles. The van der Waals surface area contributed by atoms with Crippen LogP contribution < -0.4 is 0 Å². The third-order valence-electron chi connectivity index (χ3n) is 1.92. The number of rotatable bonds is 1. The summed E-state index contributed by atoms with van der Waals surface area (Å²) in [4.78, 5) is 13.0. The fourth-order valence-corrected chi connectivity index (χ4v) is 1.19. The summed E-state index contributed by atoms with van der Waals surface area (Å²) >= 11 is 0. The van der Waals surface area contributed by atoms with E-state index in [1.54, 1.807) is 11.0 Å². The van der Waals surface area contributed by atoms with Crippen molar-refractivity contribution in [1.29, 1.82) is 0 Å². The third kappa shape index (κ3) is 1.10. The van der Waals surface area contributed by atoms with Crippen molar-refractivity contribution in [3.63, 3.8) is 0 Å². The smallest absolute Gasteiger partial charge is 0.257 e. The topological polar surface area (TPSA) is 53.7 Å². The number of furan rings is 1. The Morgan fingerprint density at radius 3 is 2.92 bits per heavy atom. The van der Waals surface area contributed by atoms with E-state index in [0.717, 1.165) is 0 Å². The Hall–Kier alpha value is -1.29. The van der Waals surface area contributed by atoms with Gasteiger partial charge in [-0.2, -0.15) is 0 Å². The molecule has 0 atom stereocenters.